The summed E-state index contributed by atoms with van der Waals surface area (Å²) >= 11 is 6.43. The third-order valence-corrected chi connectivity index (χ3v) is 4.90. The summed E-state index contributed by atoms with van der Waals surface area (Å²) < 4.78 is 7.85. The van der Waals surface area contributed by atoms with E-state index in [9.17, 15) is 0 Å². The van der Waals surface area contributed by atoms with Crippen LogP contribution >= 0.6 is 11.6 Å². The van der Waals surface area contributed by atoms with Crippen molar-refractivity contribution >= 4 is 22.6 Å². The van der Waals surface area contributed by atoms with Crippen LogP contribution in [0.5, 0.6) is 0 Å². The number of rotatable bonds is 3. The molecule has 22 heavy (non-hydrogen) atoms. The number of furan rings is 1. The second-order valence-electron chi connectivity index (χ2n) is 5.83. The van der Waals surface area contributed by atoms with Gasteiger partial charge >= 0.3 is 0 Å². The van der Waals surface area contributed by atoms with Crippen LogP contribution in [0.15, 0.2) is 34.9 Å². The Morgan fingerprint density at radius 2 is 2.27 bits per heavy atom. The second-order valence-corrected chi connectivity index (χ2v) is 6.21. The Morgan fingerprint density at radius 3 is 3.14 bits per heavy atom. The van der Waals surface area contributed by atoms with Crippen LogP contribution in [0.25, 0.3) is 11.0 Å². The number of aromatic nitrogens is 2. The summed E-state index contributed by atoms with van der Waals surface area (Å²) in [5.41, 5.74) is 3.48. The van der Waals surface area contributed by atoms with Crippen molar-refractivity contribution in [2.75, 3.05) is 0 Å². The Labute approximate surface area is 134 Å². The van der Waals surface area contributed by atoms with Crippen LogP contribution in [0, 0.1) is 0 Å². The molecule has 2 heterocycles. The van der Waals surface area contributed by atoms with Crippen molar-refractivity contribution in [2.24, 2.45) is 7.05 Å². The third kappa shape index (κ3) is 2.23. The third-order valence-electron chi connectivity index (χ3n) is 4.49. The molecule has 1 atom stereocenters. The van der Waals surface area contributed by atoms with E-state index < -0.39 is 0 Å². The summed E-state index contributed by atoms with van der Waals surface area (Å²) in [5, 5.41) is 9.65. The van der Waals surface area contributed by atoms with Crippen molar-refractivity contribution in [1.82, 2.24) is 15.1 Å². The molecule has 0 radical (unpaired) electrons. The standard InChI is InChI=1S/C17H18ClN3O/c1-21-14-7-4-6-13(12(14)9-20-21)19-10-16-17(18)11-5-2-3-8-15(11)22-16/h2-3,5,8-9,13,19H,4,6-7,10H2,1H3. The van der Waals surface area contributed by atoms with Gasteiger partial charge < -0.3 is 9.73 Å². The van der Waals surface area contributed by atoms with Crippen LogP contribution in [0.3, 0.4) is 0 Å². The number of benzene rings is 1. The minimum Gasteiger partial charge on any atom is -0.458 e. The molecule has 0 spiro atoms. The molecule has 3 aromatic rings. The summed E-state index contributed by atoms with van der Waals surface area (Å²) in [6.45, 7) is 0.631. The van der Waals surface area contributed by atoms with Crippen LogP contribution in [0.1, 0.15) is 35.9 Å². The molecule has 1 unspecified atom stereocenters. The predicted octanol–water partition coefficient (Wildman–Crippen LogP) is 3.99. The Bertz CT molecular complexity index is 821. The predicted molar refractivity (Wildman–Crippen MR) is 87.0 cm³/mol. The highest BCUT2D eigenvalue weighted by Crippen LogP contribution is 2.32. The minimum absolute atomic E-state index is 0.321. The van der Waals surface area contributed by atoms with Gasteiger partial charge in [-0.05, 0) is 31.4 Å². The molecule has 0 saturated carbocycles. The summed E-state index contributed by atoms with van der Waals surface area (Å²) in [5.74, 6) is 0.805. The average Bonchev–Trinajstić information content (AvgIpc) is 3.08. The van der Waals surface area contributed by atoms with Gasteiger partial charge in [0.2, 0.25) is 0 Å². The topological polar surface area (TPSA) is 43.0 Å². The lowest BCUT2D eigenvalue weighted by atomic mass is 9.93. The quantitative estimate of drug-likeness (QED) is 0.794. The maximum atomic E-state index is 6.43. The van der Waals surface area contributed by atoms with Gasteiger partial charge in [0.25, 0.3) is 0 Å². The van der Waals surface area contributed by atoms with Gasteiger partial charge in [0.15, 0.2) is 0 Å². The van der Waals surface area contributed by atoms with Gasteiger partial charge in [0.05, 0.1) is 17.8 Å². The number of aryl methyl sites for hydroxylation is 1. The molecule has 1 aromatic carbocycles. The fourth-order valence-corrected chi connectivity index (χ4v) is 3.57. The van der Waals surface area contributed by atoms with E-state index in [4.69, 9.17) is 16.0 Å². The van der Waals surface area contributed by atoms with Crippen LogP contribution in [-0.4, -0.2) is 9.78 Å². The van der Waals surface area contributed by atoms with Crippen LogP contribution < -0.4 is 5.32 Å². The van der Waals surface area contributed by atoms with Crippen LogP contribution in [0.4, 0.5) is 0 Å². The zero-order chi connectivity index (χ0) is 15.1. The van der Waals surface area contributed by atoms with E-state index in [0.717, 1.165) is 29.6 Å². The lowest BCUT2D eigenvalue weighted by molar-refractivity contribution is 0.422. The lowest BCUT2D eigenvalue weighted by Gasteiger charge is -2.23. The van der Waals surface area contributed by atoms with E-state index in [1.165, 1.54) is 17.7 Å². The van der Waals surface area contributed by atoms with Crippen LogP contribution in [0.2, 0.25) is 5.02 Å². The van der Waals surface area contributed by atoms with Gasteiger partial charge in [-0.1, -0.05) is 23.7 Å². The summed E-state index contributed by atoms with van der Waals surface area (Å²) in [7, 11) is 2.01. The highest BCUT2D eigenvalue weighted by atomic mass is 35.5. The zero-order valence-corrected chi connectivity index (χ0v) is 13.2. The molecule has 0 bridgehead atoms. The Hall–Kier alpha value is -1.78. The lowest BCUT2D eigenvalue weighted by Crippen LogP contribution is -2.24. The highest BCUT2D eigenvalue weighted by Gasteiger charge is 2.23. The average molecular weight is 316 g/mol. The minimum atomic E-state index is 0.321. The van der Waals surface area contributed by atoms with Crippen molar-refractivity contribution in [3.8, 4) is 0 Å². The molecule has 1 N–H and O–H groups in total. The number of para-hydroxylation sites is 1. The molecule has 4 rings (SSSR count). The van der Waals surface area contributed by atoms with E-state index in [2.05, 4.69) is 10.4 Å². The Balaban J connectivity index is 1.56. The van der Waals surface area contributed by atoms with E-state index in [-0.39, 0.29) is 0 Å². The summed E-state index contributed by atoms with van der Waals surface area (Å²) in [6, 6.07) is 8.20. The first kappa shape index (κ1) is 13.9. The Kier molecular flexibility index (Phi) is 3.43. The largest absolute Gasteiger partial charge is 0.458 e. The van der Waals surface area contributed by atoms with Gasteiger partial charge in [0.1, 0.15) is 11.3 Å². The summed E-state index contributed by atoms with van der Waals surface area (Å²) in [4.78, 5) is 0. The molecule has 0 amide bonds. The van der Waals surface area contributed by atoms with Gasteiger partial charge in [-0.25, -0.2) is 0 Å². The molecular formula is C17H18ClN3O. The molecule has 114 valence electrons. The molecule has 0 fully saturated rings. The van der Waals surface area contributed by atoms with Crippen molar-refractivity contribution in [2.45, 2.75) is 31.8 Å². The number of halogens is 1. The fraction of sp³-hybridized carbons (Fsp3) is 0.353. The molecule has 5 heteroatoms. The fourth-order valence-electron chi connectivity index (χ4n) is 3.31. The first-order valence-electron chi connectivity index (χ1n) is 7.64. The highest BCUT2D eigenvalue weighted by molar-refractivity contribution is 6.36. The van der Waals surface area contributed by atoms with Gasteiger partial charge in [-0.15, -0.1) is 0 Å². The van der Waals surface area contributed by atoms with E-state index >= 15 is 0 Å². The van der Waals surface area contributed by atoms with Crippen molar-refractivity contribution in [3.05, 3.63) is 52.5 Å². The molecule has 1 aliphatic rings. The van der Waals surface area contributed by atoms with E-state index in [1.54, 1.807) is 0 Å². The normalized spacial score (nSPS) is 17.8. The Morgan fingerprint density at radius 1 is 1.41 bits per heavy atom. The smallest absolute Gasteiger partial charge is 0.137 e. The van der Waals surface area contributed by atoms with Crippen molar-refractivity contribution in [1.29, 1.82) is 0 Å². The number of nitrogens with zero attached hydrogens (tertiary/aromatic N) is 2. The first-order valence-corrected chi connectivity index (χ1v) is 8.02. The second kappa shape index (κ2) is 5.45. The molecule has 2 aromatic heterocycles. The van der Waals surface area contributed by atoms with Crippen molar-refractivity contribution < 1.29 is 4.42 Å². The molecular weight excluding hydrogens is 298 g/mol. The van der Waals surface area contributed by atoms with Crippen LogP contribution in [-0.2, 0) is 20.0 Å². The molecule has 0 saturated heterocycles. The van der Waals surface area contributed by atoms with Gasteiger partial charge in [-0.3, -0.25) is 4.68 Å². The molecule has 4 nitrogen and oxygen atoms in total. The number of hydrogen-bond acceptors (Lipinski definition) is 3. The molecule has 1 aliphatic carbocycles. The maximum absolute atomic E-state index is 6.43. The van der Waals surface area contributed by atoms with E-state index in [0.29, 0.717) is 17.6 Å². The number of fused-ring (bicyclic) bond motifs is 2. The number of nitrogens with one attached hydrogen (secondary N) is 1. The monoisotopic (exact) mass is 315 g/mol. The summed E-state index contributed by atoms with van der Waals surface area (Å²) in [6.07, 6.45) is 5.39. The first-order chi connectivity index (χ1) is 10.7. The van der Waals surface area contributed by atoms with Crippen molar-refractivity contribution in [3.63, 3.8) is 0 Å². The zero-order valence-electron chi connectivity index (χ0n) is 12.5. The van der Waals surface area contributed by atoms with Gasteiger partial charge in [-0.2, -0.15) is 5.10 Å². The van der Waals surface area contributed by atoms with Gasteiger partial charge in [0, 0.05) is 29.7 Å². The maximum Gasteiger partial charge on any atom is 0.137 e. The molecule has 0 aliphatic heterocycles. The van der Waals surface area contributed by atoms with E-state index in [1.807, 2.05) is 42.2 Å². The SMILES string of the molecule is Cn1ncc2c1CCCC2NCc1oc2ccccc2c1Cl. The number of hydrogen-bond donors (Lipinski definition) is 1.